The molecule has 1 saturated heterocycles. The van der Waals surface area contributed by atoms with Gasteiger partial charge in [-0.05, 0) is 33.6 Å². The average Bonchev–Trinajstić information content (AvgIpc) is 2.66. The van der Waals surface area contributed by atoms with Gasteiger partial charge in [-0.15, -0.1) is 0 Å². The van der Waals surface area contributed by atoms with E-state index in [-0.39, 0.29) is 0 Å². The van der Waals surface area contributed by atoms with Gasteiger partial charge in [0.15, 0.2) is 0 Å². The third kappa shape index (κ3) is 2.07. The van der Waals surface area contributed by atoms with E-state index in [0.29, 0.717) is 18.1 Å². The van der Waals surface area contributed by atoms with Crippen LogP contribution in [0.25, 0.3) is 0 Å². The molecule has 16 heavy (non-hydrogen) atoms. The number of nitrogens with two attached hydrogens (primary N) is 1. The van der Waals surface area contributed by atoms with Crippen LogP contribution in [-0.2, 0) is 0 Å². The summed E-state index contributed by atoms with van der Waals surface area (Å²) in [6.07, 6.45) is 6.07. The second kappa shape index (κ2) is 4.45. The molecular weight excluding hydrogens is 200 g/mol. The van der Waals surface area contributed by atoms with Crippen molar-refractivity contribution in [2.24, 2.45) is 5.73 Å². The second-order valence-corrected chi connectivity index (χ2v) is 5.06. The van der Waals surface area contributed by atoms with Gasteiger partial charge in [0.2, 0.25) is 5.95 Å². The van der Waals surface area contributed by atoms with Crippen molar-refractivity contribution in [3.05, 3.63) is 12.4 Å². The van der Waals surface area contributed by atoms with Crippen LogP contribution in [0.2, 0.25) is 0 Å². The van der Waals surface area contributed by atoms with Crippen molar-refractivity contribution < 1.29 is 0 Å². The largest absolute Gasteiger partial charge is 0.339 e. The SMILES string of the molecule is CC1CC(N)CCN1c1nccn1C(C)C. The van der Waals surface area contributed by atoms with Crippen LogP contribution in [-0.4, -0.2) is 28.2 Å². The summed E-state index contributed by atoms with van der Waals surface area (Å²) in [4.78, 5) is 6.86. The zero-order valence-corrected chi connectivity index (χ0v) is 10.4. The van der Waals surface area contributed by atoms with Gasteiger partial charge in [0, 0.05) is 37.1 Å². The lowest BCUT2D eigenvalue weighted by atomic mass is 10.00. The minimum atomic E-state index is 0.355. The predicted octanol–water partition coefficient (Wildman–Crippen LogP) is 1.78. The smallest absolute Gasteiger partial charge is 0.205 e. The highest BCUT2D eigenvalue weighted by Gasteiger charge is 2.26. The number of hydrogen-bond donors (Lipinski definition) is 1. The molecule has 0 spiro atoms. The molecule has 90 valence electrons. The number of nitrogens with zero attached hydrogens (tertiary/aromatic N) is 3. The van der Waals surface area contributed by atoms with Gasteiger partial charge in [0.05, 0.1) is 0 Å². The van der Waals surface area contributed by atoms with Crippen LogP contribution in [0.15, 0.2) is 12.4 Å². The molecule has 0 aromatic carbocycles. The van der Waals surface area contributed by atoms with Gasteiger partial charge in [0.25, 0.3) is 0 Å². The molecule has 1 aromatic heterocycles. The van der Waals surface area contributed by atoms with Gasteiger partial charge in [-0.2, -0.15) is 0 Å². The van der Waals surface area contributed by atoms with Crippen LogP contribution in [0.3, 0.4) is 0 Å². The van der Waals surface area contributed by atoms with Crippen molar-refractivity contribution in [3.63, 3.8) is 0 Å². The fourth-order valence-electron chi connectivity index (χ4n) is 2.44. The molecule has 2 unspecified atom stereocenters. The molecule has 2 rings (SSSR count). The minimum absolute atomic E-state index is 0.355. The maximum absolute atomic E-state index is 5.98. The van der Waals surface area contributed by atoms with Gasteiger partial charge >= 0.3 is 0 Å². The molecule has 1 aliphatic rings. The van der Waals surface area contributed by atoms with Crippen molar-refractivity contribution in [1.82, 2.24) is 9.55 Å². The Balaban J connectivity index is 2.20. The Bertz CT molecular complexity index is 345. The summed E-state index contributed by atoms with van der Waals surface area (Å²) in [7, 11) is 0. The molecule has 0 amide bonds. The first-order valence-corrected chi connectivity index (χ1v) is 6.14. The molecule has 0 bridgehead atoms. The zero-order chi connectivity index (χ0) is 11.7. The van der Waals surface area contributed by atoms with Crippen molar-refractivity contribution in [2.45, 2.75) is 51.7 Å². The average molecular weight is 222 g/mol. The topological polar surface area (TPSA) is 47.1 Å². The molecule has 4 heteroatoms. The summed E-state index contributed by atoms with van der Waals surface area (Å²) >= 11 is 0. The third-order valence-corrected chi connectivity index (χ3v) is 3.38. The number of anilines is 1. The Labute approximate surface area is 97.4 Å². The van der Waals surface area contributed by atoms with Crippen molar-refractivity contribution in [1.29, 1.82) is 0 Å². The summed E-state index contributed by atoms with van der Waals surface area (Å²) in [6.45, 7) is 7.63. The Hall–Kier alpha value is -1.03. The highest BCUT2D eigenvalue weighted by Crippen LogP contribution is 2.24. The molecule has 4 nitrogen and oxygen atoms in total. The number of hydrogen-bond acceptors (Lipinski definition) is 3. The summed E-state index contributed by atoms with van der Waals surface area (Å²) in [6, 6.07) is 1.30. The van der Waals surface area contributed by atoms with Crippen LogP contribution in [0.5, 0.6) is 0 Å². The Morgan fingerprint density at radius 2 is 2.25 bits per heavy atom. The van der Waals surface area contributed by atoms with Crippen molar-refractivity contribution in [2.75, 3.05) is 11.4 Å². The number of rotatable bonds is 2. The van der Waals surface area contributed by atoms with Gasteiger partial charge in [-0.25, -0.2) is 4.98 Å². The molecule has 0 saturated carbocycles. The lowest BCUT2D eigenvalue weighted by Gasteiger charge is -2.37. The van der Waals surface area contributed by atoms with Crippen LogP contribution in [0.4, 0.5) is 5.95 Å². The minimum Gasteiger partial charge on any atom is -0.339 e. The van der Waals surface area contributed by atoms with E-state index < -0.39 is 0 Å². The highest BCUT2D eigenvalue weighted by molar-refractivity contribution is 5.34. The van der Waals surface area contributed by atoms with E-state index in [1.165, 1.54) is 0 Å². The van der Waals surface area contributed by atoms with Gasteiger partial charge in [0.1, 0.15) is 0 Å². The van der Waals surface area contributed by atoms with E-state index in [2.05, 4.69) is 41.4 Å². The third-order valence-electron chi connectivity index (χ3n) is 3.38. The Morgan fingerprint density at radius 3 is 2.88 bits per heavy atom. The number of piperidine rings is 1. The van der Waals surface area contributed by atoms with Crippen LogP contribution in [0, 0.1) is 0 Å². The van der Waals surface area contributed by atoms with Crippen molar-refractivity contribution >= 4 is 5.95 Å². The summed E-state index contributed by atoms with van der Waals surface area (Å²) in [5, 5.41) is 0. The van der Waals surface area contributed by atoms with E-state index in [9.17, 15) is 0 Å². The Kier molecular flexibility index (Phi) is 3.19. The Morgan fingerprint density at radius 1 is 1.50 bits per heavy atom. The summed E-state index contributed by atoms with van der Waals surface area (Å²) < 4.78 is 2.23. The summed E-state index contributed by atoms with van der Waals surface area (Å²) in [5.74, 6) is 1.09. The molecule has 1 fully saturated rings. The lowest BCUT2D eigenvalue weighted by molar-refractivity contribution is 0.416. The lowest BCUT2D eigenvalue weighted by Crippen LogP contribution is -2.46. The predicted molar refractivity (Wildman–Crippen MR) is 66.6 cm³/mol. The molecule has 2 atom stereocenters. The molecular formula is C12H22N4. The first-order valence-electron chi connectivity index (χ1n) is 6.14. The normalized spacial score (nSPS) is 26.4. The van der Waals surface area contributed by atoms with E-state index in [1.54, 1.807) is 0 Å². The van der Waals surface area contributed by atoms with Gasteiger partial charge in [-0.1, -0.05) is 0 Å². The number of aromatic nitrogens is 2. The maximum Gasteiger partial charge on any atom is 0.205 e. The fraction of sp³-hybridized carbons (Fsp3) is 0.750. The quantitative estimate of drug-likeness (QED) is 0.829. The monoisotopic (exact) mass is 222 g/mol. The van der Waals surface area contributed by atoms with Crippen LogP contribution in [0.1, 0.15) is 39.7 Å². The first-order chi connectivity index (χ1) is 7.59. The van der Waals surface area contributed by atoms with Gasteiger partial charge in [-0.3, -0.25) is 0 Å². The van der Waals surface area contributed by atoms with Crippen molar-refractivity contribution in [3.8, 4) is 0 Å². The van der Waals surface area contributed by atoms with E-state index in [4.69, 9.17) is 5.73 Å². The summed E-state index contributed by atoms with van der Waals surface area (Å²) in [5.41, 5.74) is 5.98. The zero-order valence-electron chi connectivity index (χ0n) is 10.4. The molecule has 0 radical (unpaired) electrons. The van der Waals surface area contributed by atoms with Gasteiger partial charge < -0.3 is 15.2 Å². The molecule has 0 aliphatic carbocycles. The second-order valence-electron chi connectivity index (χ2n) is 5.06. The van der Waals surface area contributed by atoms with Crippen LogP contribution >= 0.6 is 0 Å². The fourth-order valence-corrected chi connectivity index (χ4v) is 2.44. The standard InChI is InChI=1S/C12H22N4/c1-9(2)15-7-5-14-12(15)16-6-4-11(13)8-10(16)3/h5,7,9-11H,4,6,8,13H2,1-3H3. The molecule has 2 heterocycles. The molecule has 2 N–H and O–H groups in total. The molecule has 1 aromatic rings. The number of imidazole rings is 1. The van der Waals surface area contributed by atoms with E-state index in [1.807, 2.05) is 6.20 Å². The highest BCUT2D eigenvalue weighted by atomic mass is 15.3. The maximum atomic E-state index is 5.98. The van der Waals surface area contributed by atoms with E-state index in [0.717, 1.165) is 25.3 Å². The molecule has 1 aliphatic heterocycles. The first kappa shape index (κ1) is 11.5. The van der Waals surface area contributed by atoms with E-state index >= 15 is 0 Å². The van der Waals surface area contributed by atoms with Crippen LogP contribution < -0.4 is 10.6 Å².